The van der Waals surface area contributed by atoms with Crippen molar-refractivity contribution in [3.63, 3.8) is 0 Å². The van der Waals surface area contributed by atoms with Crippen LogP contribution < -0.4 is 4.90 Å². The first kappa shape index (κ1) is 10.9. The van der Waals surface area contributed by atoms with E-state index in [1.807, 2.05) is 43.3 Å². The van der Waals surface area contributed by atoms with E-state index in [1.165, 1.54) is 0 Å². The minimum Gasteiger partial charge on any atom is -0.388 e. The summed E-state index contributed by atoms with van der Waals surface area (Å²) in [5.41, 5.74) is 2.10. The SMILES string of the molecule is CO[C-](OC)c1ccc(N(C)C)cc1. The highest BCUT2D eigenvalue weighted by atomic mass is 16.7. The normalized spacial score (nSPS) is 10.0. The zero-order chi connectivity index (χ0) is 10.6. The van der Waals surface area contributed by atoms with Gasteiger partial charge < -0.3 is 14.4 Å². The van der Waals surface area contributed by atoms with Gasteiger partial charge in [-0.15, -0.1) is 5.56 Å². The van der Waals surface area contributed by atoms with Gasteiger partial charge in [-0.05, 0) is 0 Å². The smallest absolute Gasteiger partial charge is 0.0728 e. The molecular weight excluding hydrogens is 178 g/mol. The molecule has 0 aliphatic heterocycles. The van der Waals surface area contributed by atoms with Crippen LogP contribution in [0.2, 0.25) is 0 Å². The summed E-state index contributed by atoms with van der Waals surface area (Å²) in [6.45, 7) is 0. The highest BCUT2D eigenvalue weighted by molar-refractivity contribution is 5.47. The molecule has 0 amide bonds. The van der Waals surface area contributed by atoms with Gasteiger partial charge in [-0.25, -0.2) is 0 Å². The van der Waals surface area contributed by atoms with Crippen molar-refractivity contribution in [1.82, 2.24) is 0 Å². The van der Waals surface area contributed by atoms with E-state index in [9.17, 15) is 0 Å². The third-order valence-corrected chi connectivity index (χ3v) is 1.99. The van der Waals surface area contributed by atoms with Crippen LogP contribution in [0, 0.1) is 6.29 Å². The second-order valence-corrected chi connectivity index (χ2v) is 3.14. The summed E-state index contributed by atoms with van der Waals surface area (Å²) in [6, 6.07) is 7.98. The van der Waals surface area contributed by atoms with Crippen LogP contribution in [0.1, 0.15) is 5.56 Å². The maximum absolute atomic E-state index is 5.07. The lowest BCUT2D eigenvalue weighted by Crippen LogP contribution is -2.09. The van der Waals surface area contributed by atoms with Gasteiger partial charge in [-0.1, -0.05) is 12.1 Å². The molecule has 0 saturated heterocycles. The van der Waals surface area contributed by atoms with Gasteiger partial charge in [0.05, 0.1) is 6.29 Å². The second-order valence-electron chi connectivity index (χ2n) is 3.14. The van der Waals surface area contributed by atoms with Crippen molar-refractivity contribution in [3.05, 3.63) is 36.1 Å². The Morgan fingerprint density at radius 3 is 1.86 bits per heavy atom. The van der Waals surface area contributed by atoms with E-state index in [-0.39, 0.29) is 0 Å². The third kappa shape index (κ3) is 2.40. The van der Waals surface area contributed by atoms with E-state index in [4.69, 9.17) is 9.47 Å². The largest absolute Gasteiger partial charge is 0.388 e. The molecule has 1 rings (SSSR count). The molecular formula is C11H16NO2-. The van der Waals surface area contributed by atoms with Crippen LogP contribution in [-0.4, -0.2) is 28.3 Å². The Balaban J connectivity index is 2.81. The number of hydrogen-bond acceptors (Lipinski definition) is 3. The van der Waals surface area contributed by atoms with Gasteiger partial charge in [0.25, 0.3) is 0 Å². The fraction of sp³-hybridized carbons (Fsp3) is 0.364. The van der Waals surface area contributed by atoms with Gasteiger partial charge >= 0.3 is 0 Å². The number of methoxy groups -OCH3 is 2. The molecule has 0 heterocycles. The predicted octanol–water partition coefficient (Wildman–Crippen LogP) is 1.88. The first-order valence-corrected chi connectivity index (χ1v) is 4.41. The molecule has 14 heavy (non-hydrogen) atoms. The lowest BCUT2D eigenvalue weighted by Gasteiger charge is -2.23. The Labute approximate surface area is 85.2 Å². The molecule has 0 saturated carbocycles. The van der Waals surface area contributed by atoms with Crippen molar-refractivity contribution in [1.29, 1.82) is 0 Å². The minimum absolute atomic E-state index is 0.537. The molecule has 0 bridgehead atoms. The van der Waals surface area contributed by atoms with Crippen molar-refractivity contribution in [3.8, 4) is 0 Å². The highest BCUT2D eigenvalue weighted by Crippen LogP contribution is 2.19. The molecule has 78 valence electrons. The fourth-order valence-electron chi connectivity index (χ4n) is 1.21. The van der Waals surface area contributed by atoms with Gasteiger partial charge in [-0.3, -0.25) is 0 Å². The Morgan fingerprint density at radius 1 is 1.00 bits per heavy atom. The van der Waals surface area contributed by atoms with E-state index in [0.29, 0.717) is 6.29 Å². The number of rotatable bonds is 4. The van der Waals surface area contributed by atoms with Crippen LogP contribution in [0.5, 0.6) is 0 Å². The summed E-state index contributed by atoms with van der Waals surface area (Å²) < 4.78 is 10.1. The molecule has 0 fully saturated rings. The zero-order valence-electron chi connectivity index (χ0n) is 9.07. The molecule has 3 heteroatoms. The second kappa shape index (κ2) is 4.88. The van der Waals surface area contributed by atoms with Gasteiger partial charge in [-0.2, -0.15) is 12.1 Å². The molecule has 0 atom stereocenters. The first-order chi connectivity index (χ1) is 6.69. The monoisotopic (exact) mass is 194 g/mol. The number of ether oxygens (including phenoxy) is 2. The van der Waals surface area contributed by atoms with Crippen LogP contribution in [0.4, 0.5) is 5.69 Å². The van der Waals surface area contributed by atoms with E-state index >= 15 is 0 Å². The van der Waals surface area contributed by atoms with E-state index in [2.05, 4.69) is 0 Å². The Hall–Kier alpha value is -1.19. The molecule has 0 aliphatic rings. The fourth-order valence-corrected chi connectivity index (χ4v) is 1.21. The van der Waals surface area contributed by atoms with E-state index < -0.39 is 0 Å². The van der Waals surface area contributed by atoms with Crippen LogP contribution in [0.25, 0.3) is 0 Å². The Morgan fingerprint density at radius 2 is 1.50 bits per heavy atom. The van der Waals surface area contributed by atoms with Crippen molar-refractivity contribution >= 4 is 5.69 Å². The average molecular weight is 194 g/mol. The number of hydrogen-bond donors (Lipinski definition) is 0. The number of anilines is 1. The molecule has 0 aliphatic carbocycles. The summed E-state index contributed by atoms with van der Waals surface area (Å²) in [4.78, 5) is 2.04. The van der Waals surface area contributed by atoms with Gasteiger partial charge in [0.2, 0.25) is 0 Å². The minimum atomic E-state index is 0.537. The van der Waals surface area contributed by atoms with Crippen molar-refractivity contribution in [2.24, 2.45) is 0 Å². The molecule has 0 N–H and O–H groups in total. The molecule has 1 aromatic carbocycles. The first-order valence-electron chi connectivity index (χ1n) is 4.41. The number of benzene rings is 1. The van der Waals surface area contributed by atoms with Crippen LogP contribution in [-0.2, 0) is 9.47 Å². The van der Waals surface area contributed by atoms with Crippen LogP contribution in [0.3, 0.4) is 0 Å². The van der Waals surface area contributed by atoms with Crippen molar-refractivity contribution in [2.75, 3.05) is 33.2 Å². The Bertz CT molecular complexity index is 265. The lowest BCUT2D eigenvalue weighted by molar-refractivity contribution is 0.0269. The van der Waals surface area contributed by atoms with Gasteiger partial charge in [0.15, 0.2) is 0 Å². The molecule has 0 unspecified atom stereocenters. The van der Waals surface area contributed by atoms with Crippen LogP contribution in [0.15, 0.2) is 24.3 Å². The molecule has 0 aromatic heterocycles. The molecule has 0 spiro atoms. The summed E-state index contributed by atoms with van der Waals surface area (Å²) in [6.07, 6.45) is 0.537. The Kier molecular flexibility index (Phi) is 3.80. The summed E-state index contributed by atoms with van der Waals surface area (Å²) in [5, 5.41) is 0. The van der Waals surface area contributed by atoms with Gasteiger partial charge in [0, 0.05) is 34.0 Å². The topological polar surface area (TPSA) is 21.7 Å². The highest BCUT2D eigenvalue weighted by Gasteiger charge is 1.99. The molecule has 0 radical (unpaired) electrons. The standard InChI is InChI=1S/C11H16NO2/c1-12(2)10-7-5-9(6-8-10)11(13-3)14-4/h5-8H,1-4H3/q-1. The molecule has 3 nitrogen and oxygen atoms in total. The molecule has 1 aromatic rings. The zero-order valence-corrected chi connectivity index (χ0v) is 9.07. The van der Waals surface area contributed by atoms with Gasteiger partial charge in [0.1, 0.15) is 0 Å². The van der Waals surface area contributed by atoms with E-state index in [0.717, 1.165) is 11.3 Å². The summed E-state index contributed by atoms with van der Waals surface area (Å²) >= 11 is 0. The predicted molar refractivity (Wildman–Crippen MR) is 57.1 cm³/mol. The van der Waals surface area contributed by atoms with Crippen molar-refractivity contribution < 1.29 is 9.47 Å². The van der Waals surface area contributed by atoms with Crippen LogP contribution >= 0.6 is 0 Å². The maximum atomic E-state index is 5.07. The average Bonchev–Trinajstić information content (AvgIpc) is 2.20. The summed E-state index contributed by atoms with van der Waals surface area (Å²) in [7, 11) is 7.20. The lowest BCUT2D eigenvalue weighted by atomic mass is 10.2. The van der Waals surface area contributed by atoms with Crippen molar-refractivity contribution in [2.45, 2.75) is 0 Å². The third-order valence-electron chi connectivity index (χ3n) is 1.99. The quantitative estimate of drug-likeness (QED) is 0.683. The number of nitrogens with zero attached hydrogens (tertiary/aromatic N) is 1. The summed E-state index contributed by atoms with van der Waals surface area (Å²) in [5.74, 6) is 0. The van der Waals surface area contributed by atoms with E-state index in [1.54, 1.807) is 14.2 Å². The maximum Gasteiger partial charge on any atom is 0.0728 e.